The summed E-state index contributed by atoms with van der Waals surface area (Å²) in [5.74, 6) is 0. The van der Waals surface area contributed by atoms with Crippen LogP contribution in [0, 0.1) is 0 Å². The highest BCUT2D eigenvalue weighted by Gasteiger charge is 2.18. The van der Waals surface area contributed by atoms with E-state index in [0.717, 1.165) is 19.6 Å². The van der Waals surface area contributed by atoms with Crippen molar-refractivity contribution < 1.29 is 9.53 Å². The van der Waals surface area contributed by atoms with Crippen molar-refractivity contribution in [1.29, 1.82) is 0 Å². The van der Waals surface area contributed by atoms with Crippen molar-refractivity contribution in [2.24, 2.45) is 0 Å². The first-order valence-corrected chi connectivity index (χ1v) is 7.67. The van der Waals surface area contributed by atoms with E-state index in [1.165, 1.54) is 5.56 Å². The number of hydrogen-bond acceptors (Lipinski definition) is 3. The molecule has 0 heterocycles. The number of alkyl carbamates (subject to hydrolysis) is 1. The summed E-state index contributed by atoms with van der Waals surface area (Å²) in [7, 11) is 0. The molecule has 1 rings (SSSR count). The second-order valence-corrected chi connectivity index (χ2v) is 6.52. The lowest BCUT2D eigenvalue weighted by Crippen LogP contribution is -2.43. The van der Waals surface area contributed by atoms with Gasteiger partial charge in [-0.2, -0.15) is 0 Å². The first-order chi connectivity index (χ1) is 10.3. The highest BCUT2D eigenvalue weighted by molar-refractivity contribution is 5.68. The molecule has 122 valence electrons. The van der Waals surface area contributed by atoms with Crippen LogP contribution in [0.5, 0.6) is 0 Å². The normalized spacial score (nSPS) is 12.8. The lowest BCUT2D eigenvalue weighted by molar-refractivity contribution is 0.0497. The van der Waals surface area contributed by atoms with Gasteiger partial charge in [0, 0.05) is 25.7 Å². The average Bonchev–Trinajstić information content (AvgIpc) is 2.37. The minimum atomic E-state index is -0.478. The molecule has 0 radical (unpaired) electrons. The molecule has 0 fully saturated rings. The Balaban J connectivity index is 2.51. The van der Waals surface area contributed by atoms with Gasteiger partial charge in [0.1, 0.15) is 5.60 Å². The maximum absolute atomic E-state index is 11.8. The van der Waals surface area contributed by atoms with Crippen LogP contribution in [0.4, 0.5) is 4.79 Å². The largest absolute Gasteiger partial charge is 0.444 e. The van der Waals surface area contributed by atoms with Gasteiger partial charge in [0.2, 0.25) is 0 Å². The zero-order valence-corrected chi connectivity index (χ0v) is 14.1. The predicted molar refractivity (Wildman–Crippen MR) is 90.7 cm³/mol. The topological polar surface area (TPSA) is 41.6 Å². The Bertz CT molecular complexity index is 466. The van der Waals surface area contributed by atoms with Crippen LogP contribution in [0.1, 0.15) is 33.3 Å². The fourth-order valence-corrected chi connectivity index (χ4v) is 2.17. The molecule has 0 aliphatic carbocycles. The van der Waals surface area contributed by atoms with Crippen molar-refractivity contribution in [2.45, 2.75) is 45.9 Å². The first-order valence-electron chi connectivity index (χ1n) is 7.67. The summed E-state index contributed by atoms with van der Waals surface area (Å²) < 4.78 is 5.28. The van der Waals surface area contributed by atoms with Crippen molar-refractivity contribution in [1.82, 2.24) is 10.2 Å². The molecule has 22 heavy (non-hydrogen) atoms. The molecule has 4 heteroatoms. The molecule has 1 aromatic carbocycles. The Hall–Kier alpha value is -1.81. The second-order valence-electron chi connectivity index (χ2n) is 6.52. The summed E-state index contributed by atoms with van der Waals surface area (Å²) in [5, 5.41) is 2.87. The molecule has 0 unspecified atom stereocenters. The molecule has 0 aliphatic heterocycles. The molecular formula is C18H28N2O2. The molecule has 0 saturated heterocycles. The third-order valence-electron chi connectivity index (χ3n) is 2.93. The van der Waals surface area contributed by atoms with Gasteiger partial charge in [-0.05, 0) is 33.3 Å². The van der Waals surface area contributed by atoms with Gasteiger partial charge in [-0.3, -0.25) is 4.90 Å². The highest BCUT2D eigenvalue weighted by Crippen LogP contribution is 2.08. The van der Waals surface area contributed by atoms with E-state index < -0.39 is 5.60 Å². The summed E-state index contributed by atoms with van der Waals surface area (Å²) in [4.78, 5) is 14.0. The Morgan fingerprint density at radius 1 is 1.36 bits per heavy atom. The maximum Gasteiger partial charge on any atom is 0.407 e. The van der Waals surface area contributed by atoms with Crippen LogP contribution in [-0.4, -0.2) is 35.7 Å². The fraction of sp³-hybridized carbons (Fsp3) is 0.500. The Morgan fingerprint density at radius 3 is 2.55 bits per heavy atom. The molecule has 0 saturated carbocycles. The summed E-state index contributed by atoms with van der Waals surface area (Å²) in [6.45, 7) is 13.7. The van der Waals surface area contributed by atoms with Crippen molar-refractivity contribution in [3.8, 4) is 0 Å². The van der Waals surface area contributed by atoms with E-state index in [9.17, 15) is 4.79 Å². The molecule has 1 amide bonds. The number of amides is 1. The smallest absolute Gasteiger partial charge is 0.407 e. The van der Waals surface area contributed by atoms with Crippen molar-refractivity contribution in [3.05, 3.63) is 48.6 Å². The summed E-state index contributed by atoms with van der Waals surface area (Å²) in [6.07, 6.45) is 1.50. The van der Waals surface area contributed by atoms with Gasteiger partial charge in [-0.25, -0.2) is 4.79 Å². The Labute approximate surface area is 134 Å². The number of nitrogens with one attached hydrogen (secondary N) is 1. The third kappa shape index (κ3) is 7.84. The van der Waals surface area contributed by atoms with Gasteiger partial charge in [0.15, 0.2) is 0 Å². The number of rotatable bonds is 7. The quantitative estimate of drug-likeness (QED) is 0.783. The summed E-state index contributed by atoms with van der Waals surface area (Å²) in [5.41, 5.74) is 0.767. The lowest BCUT2D eigenvalue weighted by Gasteiger charge is -2.26. The molecule has 0 aromatic heterocycles. The SMILES string of the molecule is C=CCN(Cc1ccccc1)C[C@H](C)NC(=O)OC(C)(C)C. The van der Waals surface area contributed by atoms with Crippen LogP contribution in [-0.2, 0) is 11.3 Å². The van der Waals surface area contributed by atoms with Gasteiger partial charge in [0.25, 0.3) is 0 Å². The van der Waals surface area contributed by atoms with E-state index in [1.54, 1.807) is 0 Å². The monoisotopic (exact) mass is 304 g/mol. The number of carbonyl (C=O) groups excluding carboxylic acids is 1. The van der Waals surface area contributed by atoms with Crippen LogP contribution in [0.15, 0.2) is 43.0 Å². The molecule has 4 nitrogen and oxygen atoms in total. The van der Waals surface area contributed by atoms with Crippen LogP contribution in [0.25, 0.3) is 0 Å². The van der Waals surface area contributed by atoms with Crippen LogP contribution in [0.3, 0.4) is 0 Å². The van der Waals surface area contributed by atoms with E-state index in [1.807, 2.05) is 52.0 Å². The molecule has 0 aliphatic rings. The highest BCUT2D eigenvalue weighted by atomic mass is 16.6. The number of nitrogens with zero attached hydrogens (tertiary/aromatic N) is 1. The molecule has 1 N–H and O–H groups in total. The van der Waals surface area contributed by atoms with Crippen molar-refractivity contribution >= 4 is 6.09 Å². The zero-order valence-electron chi connectivity index (χ0n) is 14.1. The molecule has 0 bridgehead atoms. The molecule has 1 atom stereocenters. The van der Waals surface area contributed by atoms with Crippen LogP contribution >= 0.6 is 0 Å². The second kappa shape index (κ2) is 8.59. The van der Waals surface area contributed by atoms with E-state index in [-0.39, 0.29) is 12.1 Å². The van der Waals surface area contributed by atoms with E-state index in [4.69, 9.17) is 4.74 Å². The van der Waals surface area contributed by atoms with E-state index in [0.29, 0.717) is 0 Å². The van der Waals surface area contributed by atoms with Gasteiger partial charge in [0.05, 0.1) is 0 Å². The third-order valence-corrected chi connectivity index (χ3v) is 2.93. The van der Waals surface area contributed by atoms with Gasteiger partial charge < -0.3 is 10.1 Å². The number of hydrogen-bond donors (Lipinski definition) is 1. The van der Waals surface area contributed by atoms with Crippen molar-refractivity contribution in [2.75, 3.05) is 13.1 Å². The molecule has 1 aromatic rings. The lowest BCUT2D eigenvalue weighted by atomic mass is 10.2. The summed E-state index contributed by atoms with van der Waals surface area (Å²) in [6, 6.07) is 10.3. The Kier molecular flexibility index (Phi) is 7.12. The minimum Gasteiger partial charge on any atom is -0.444 e. The number of carbonyl (C=O) groups is 1. The number of benzene rings is 1. The standard InChI is InChI=1S/C18H28N2O2/c1-6-12-20(14-16-10-8-7-9-11-16)13-15(2)19-17(21)22-18(3,4)5/h6-11,15H,1,12-14H2,2-5H3,(H,19,21)/t15-/m0/s1. The molecular weight excluding hydrogens is 276 g/mol. The predicted octanol–water partition coefficient (Wildman–Crippen LogP) is 3.59. The molecule has 0 spiro atoms. The first kappa shape index (κ1) is 18.2. The Morgan fingerprint density at radius 2 is 2.00 bits per heavy atom. The van der Waals surface area contributed by atoms with Gasteiger partial charge >= 0.3 is 6.09 Å². The maximum atomic E-state index is 11.8. The average molecular weight is 304 g/mol. The van der Waals surface area contributed by atoms with E-state index in [2.05, 4.69) is 28.9 Å². The van der Waals surface area contributed by atoms with Crippen LogP contribution < -0.4 is 5.32 Å². The summed E-state index contributed by atoms with van der Waals surface area (Å²) >= 11 is 0. The zero-order chi connectivity index (χ0) is 16.6. The van der Waals surface area contributed by atoms with Crippen molar-refractivity contribution in [3.63, 3.8) is 0 Å². The van der Waals surface area contributed by atoms with Gasteiger partial charge in [-0.15, -0.1) is 6.58 Å². The van der Waals surface area contributed by atoms with Crippen LogP contribution in [0.2, 0.25) is 0 Å². The minimum absolute atomic E-state index is 0.00138. The fourth-order valence-electron chi connectivity index (χ4n) is 2.17. The van der Waals surface area contributed by atoms with E-state index >= 15 is 0 Å². The van der Waals surface area contributed by atoms with Gasteiger partial charge in [-0.1, -0.05) is 36.4 Å². The number of ether oxygens (including phenoxy) is 1.